The fourth-order valence-electron chi connectivity index (χ4n) is 2.97. The van der Waals surface area contributed by atoms with Crippen LogP contribution >= 0.6 is 36.2 Å². The molecule has 2 unspecified atom stereocenters. The summed E-state index contributed by atoms with van der Waals surface area (Å²) in [5.41, 5.74) is 1.07. The van der Waals surface area contributed by atoms with Gasteiger partial charge in [-0.3, -0.25) is 4.79 Å². The first-order valence-corrected chi connectivity index (χ1v) is 8.84. The zero-order valence-electron chi connectivity index (χ0n) is 14.0. The maximum Gasteiger partial charge on any atom is 0.222 e. The second-order valence-electron chi connectivity index (χ2n) is 6.00. The van der Waals surface area contributed by atoms with Gasteiger partial charge in [0.25, 0.3) is 0 Å². The second kappa shape index (κ2) is 9.56. The number of halogens is 2. The van der Waals surface area contributed by atoms with Gasteiger partial charge in [-0.2, -0.15) is 0 Å². The Hall–Kier alpha value is -0.880. The lowest BCUT2D eigenvalue weighted by Crippen LogP contribution is -2.57. The number of hydrogen-bond donors (Lipinski definition) is 1. The molecular formula is C17H25Cl2N3OS. The van der Waals surface area contributed by atoms with Crippen molar-refractivity contribution in [1.82, 2.24) is 15.2 Å². The van der Waals surface area contributed by atoms with Crippen molar-refractivity contribution in [2.45, 2.75) is 45.2 Å². The summed E-state index contributed by atoms with van der Waals surface area (Å²) >= 11 is 1.74. The van der Waals surface area contributed by atoms with Crippen LogP contribution in [0, 0.1) is 0 Å². The quantitative estimate of drug-likeness (QED) is 0.867. The summed E-state index contributed by atoms with van der Waals surface area (Å²) in [5.74, 6) is 0.280. The highest BCUT2D eigenvalue weighted by Gasteiger charge is 2.27. The Morgan fingerprint density at radius 3 is 2.83 bits per heavy atom. The molecule has 0 aliphatic carbocycles. The molecule has 0 bridgehead atoms. The fraction of sp³-hybridized carbons (Fsp3) is 0.529. The SMILES string of the molecule is CC1NCCN(C(=O)CCCc2nc3ccccc3s2)C1C.Cl.Cl. The van der Waals surface area contributed by atoms with Crippen molar-refractivity contribution >= 4 is 52.3 Å². The molecule has 1 saturated heterocycles. The van der Waals surface area contributed by atoms with Crippen LogP contribution in [0.25, 0.3) is 10.2 Å². The molecule has 4 nitrogen and oxygen atoms in total. The molecule has 1 N–H and O–H groups in total. The van der Waals surface area contributed by atoms with Crippen molar-refractivity contribution in [3.63, 3.8) is 0 Å². The topological polar surface area (TPSA) is 45.2 Å². The largest absolute Gasteiger partial charge is 0.337 e. The summed E-state index contributed by atoms with van der Waals surface area (Å²) in [5, 5.41) is 4.55. The highest BCUT2D eigenvalue weighted by atomic mass is 35.5. The first-order chi connectivity index (χ1) is 10.6. The standard InChI is InChI=1S/C17H23N3OS.2ClH/c1-12-13(2)20(11-10-18-12)17(21)9-5-8-16-19-14-6-3-4-7-15(14)22-16;;/h3-4,6-7,12-13,18H,5,8-11H2,1-2H3;2*1H. The number of carbonyl (C=O) groups is 1. The molecule has 2 heterocycles. The molecule has 2 aromatic rings. The lowest BCUT2D eigenvalue weighted by atomic mass is 10.1. The number of benzene rings is 1. The van der Waals surface area contributed by atoms with Crippen molar-refractivity contribution in [2.75, 3.05) is 13.1 Å². The molecule has 1 aromatic heterocycles. The smallest absolute Gasteiger partial charge is 0.222 e. The normalized spacial score (nSPS) is 20.3. The monoisotopic (exact) mass is 389 g/mol. The summed E-state index contributed by atoms with van der Waals surface area (Å²) < 4.78 is 1.23. The van der Waals surface area contributed by atoms with Crippen LogP contribution in [0.3, 0.4) is 0 Å². The minimum atomic E-state index is 0. The summed E-state index contributed by atoms with van der Waals surface area (Å²) in [7, 11) is 0. The third-order valence-electron chi connectivity index (χ3n) is 4.47. The first kappa shape index (κ1) is 21.2. The van der Waals surface area contributed by atoms with E-state index >= 15 is 0 Å². The second-order valence-corrected chi connectivity index (χ2v) is 7.11. The fourth-order valence-corrected chi connectivity index (χ4v) is 3.98. The molecule has 7 heteroatoms. The average Bonchev–Trinajstić information content (AvgIpc) is 2.92. The highest BCUT2D eigenvalue weighted by Crippen LogP contribution is 2.23. The summed E-state index contributed by atoms with van der Waals surface area (Å²) in [4.78, 5) is 19.1. The van der Waals surface area contributed by atoms with Gasteiger partial charge >= 0.3 is 0 Å². The van der Waals surface area contributed by atoms with E-state index < -0.39 is 0 Å². The number of carbonyl (C=O) groups excluding carboxylic acids is 1. The van der Waals surface area contributed by atoms with Gasteiger partial charge in [0.1, 0.15) is 0 Å². The van der Waals surface area contributed by atoms with Crippen LogP contribution in [-0.2, 0) is 11.2 Å². The Labute approximate surface area is 159 Å². The van der Waals surface area contributed by atoms with Gasteiger partial charge in [-0.15, -0.1) is 36.2 Å². The van der Waals surface area contributed by atoms with E-state index in [0.717, 1.165) is 36.5 Å². The predicted octanol–water partition coefficient (Wildman–Crippen LogP) is 3.67. The minimum absolute atomic E-state index is 0. The number of nitrogens with zero attached hydrogens (tertiary/aromatic N) is 2. The van der Waals surface area contributed by atoms with E-state index in [0.29, 0.717) is 12.5 Å². The van der Waals surface area contributed by atoms with E-state index in [1.165, 1.54) is 4.70 Å². The molecule has 0 radical (unpaired) electrons. The van der Waals surface area contributed by atoms with Crippen LogP contribution in [0.4, 0.5) is 0 Å². The third kappa shape index (κ3) is 4.82. The van der Waals surface area contributed by atoms with Gasteiger partial charge in [0, 0.05) is 31.6 Å². The molecule has 2 atom stereocenters. The Morgan fingerprint density at radius 1 is 1.33 bits per heavy atom. The van der Waals surface area contributed by atoms with Crippen molar-refractivity contribution in [2.24, 2.45) is 0 Å². The van der Waals surface area contributed by atoms with Crippen LogP contribution in [0.5, 0.6) is 0 Å². The van der Waals surface area contributed by atoms with Crippen LogP contribution in [0.1, 0.15) is 31.7 Å². The summed E-state index contributed by atoms with van der Waals surface area (Å²) in [6.45, 7) is 5.99. The zero-order valence-corrected chi connectivity index (χ0v) is 16.5. The third-order valence-corrected chi connectivity index (χ3v) is 5.57. The van der Waals surface area contributed by atoms with Gasteiger partial charge in [0.15, 0.2) is 0 Å². The van der Waals surface area contributed by atoms with Crippen LogP contribution in [0.15, 0.2) is 24.3 Å². The van der Waals surface area contributed by atoms with E-state index in [-0.39, 0.29) is 36.8 Å². The zero-order chi connectivity index (χ0) is 15.5. The van der Waals surface area contributed by atoms with Gasteiger partial charge in [0.2, 0.25) is 5.91 Å². The van der Waals surface area contributed by atoms with E-state index in [1.807, 2.05) is 23.1 Å². The molecule has 1 fully saturated rings. The molecule has 1 aliphatic rings. The van der Waals surface area contributed by atoms with Crippen molar-refractivity contribution in [3.8, 4) is 0 Å². The number of nitrogens with one attached hydrogen (secondary N) is 1. The molecule has 1 aromatic carbocycles. The number of amides is 1. The van der Waals surface area contributed by atoms with Crippen molar-refractivity contribution < 1.29 is 4.79 Å². The number of thiazole rings is 1. The number of aromatic nitrogens is 1. The van der Waals surface area contributed by atoms with E-state index in [1.54, 1.807) is 11.3 Å². The lowest BCUT2D eigenvalue weighted by Gasteiger charge is -2.38. The first-order valence-electron chi connectivity index (χ1n) is 8.02. The van der Waals surface area contributed by atoms with Crippen LogP contribution < -0.4 is 5.32 Å². The van der Waals surface area contributed by atoms with Crippen LogP contribution in [0.2, 0.25) is 0 Å². The van der Waals surface area contributed by atoms with Crippen molar-refractivity contribution in [3.05, 3.63) is 29.3 Å². The minimum Gasteiger partial charge on any atom is -0.337 e. The average molecular weight is 390 g/mol. The van der Waals surface area contributed by atoms with Gasteiger partial charge < -0.3 is 10.2 Å². The predicted molar refractivity (Wildman–Crippen MR) is 106 cm³/mol. The van der Waals surface area contributed by atoms with Gasteiger partial charge in [-0.05, 0) is 38.8 Å². The number of rotatable bonds is 4. The molecular weight excluding hydrogens is 365 g/mol. The van der Waals surface area contributed by atoms with E-state index in [9.17, 15) is 4.79 Å². The maximum absolute atomic E-state index is 12.4. The van der Waals surface area contributed by atoms with E-state index in [2.05, 4.69) is 30.2 Å². The van der Waals surface area contributed by atoms with Crippen molar-refractivity contribution in [1.29, 1.82) is 0 Å². The molecule has 134 valence electrons. The maximum atomic E-state index is 12.4. The molecule has 1 amide bonds. The lowest BCUT2D eigenvalue weighted by molar-refractivity contribution is -0.134. The molecule has 24 heavy (non-hydrogen) atoms. The van der Waals surface area contributed by atoms with Gasteiger partial charge in [0.05, 0.1) is 15.2 Å². The number of piperazine rings is 1. The van der Waals surface area contributed by atoms with Crippen LogP contribution in [-0.4, -0.2) is 41.0 Å². The molecule has 1 aliphatic heterocycles. The summed E-state index contributed by atoms with van der Waals surface area (Å²) in [6.07, 6.45) is 2.39. The Morgan fingerprint density at radius 2 is 2.08 bits per heavy atom. The van der Waals surface area contributed by atoms with Gasteiger partial charge in [-0.1, -0.05) is 12.1 Å². The number of aryl methyl sites for hydroxylation is 1. The number of para-hydroxylation sites is 1. The molecule has 3 rings (SSSR count). The number of hydrogen-bond acceptors (Lipinski definition) is 4. The molecule has 0 saturated carbocycles. The Bertz CT molecular complexity index is 631. The Balaban J connectivity index is 0.00000144. The van der Waals surface area contributed by atoms with E-state index in [4.69, 9.17) is 0 Å². The summed E-state index contributed by atoms with van der Waals surface area (Å²) in [6, 6.07) is 8.87. The Kier molecular flexibility index (Phi) is 8.43. The van der Waals surface area contributed by atoms with Gasteiger partial charge in [-0.25, -0.2) is 4.98 Å². The highest BCUT2D eigenvalue weighted by molar-refractivity contribution is 7.18. The molecule has 0 spiro atoms. The number of fused-ring (bicyclic) bond motifs is 1.